The van der Waals surface area contributed by atoms with Crippen LogP contribution in [0.3, 0.4) is 0 Å². The Kier molecular flexibility index (Phi) is 8.17. The molecular weight excluding hydrogens is 446 g/mol. The van der Waals surface area contributed by atoms with Crippen LogP contribution in [-0.4, -0.2) is 90.9 Å². The highest BCUT2D eigenvalue weighted by Crippen LogP contribution is 2.22. The summed E-state index contributed by atoms with van der Waals surface area (Å²) < 4.78 is 10.9. The molecule has 3 heterocycles. The van der Waals surface area contributed by atoms with Gasteiger partial charge in [0, 0.05) is 50.8 Å². The van der Waals surface area contributed by atoms with Crippen LogP contribution in [0, 0.1) is 5.92 Å². The van der Waals surface area contributed by atoms with Gasteiger partial charge in [0.1, 0.15) is 5.75 Å². The van der Waals surface area contributed by atoms with Crippen molar-refractivity contribution in [3.8, 4) is 17.0 Å². The average Bonchev–Trinajstić information content (AvgIpc) is 3.41. The summed E-state index contributed by atoms with van der Waals surface area (Å²) in [6.45, 7) is 7.58. The minimum absolute atomic E-state index is 0.000268. The van der Waals surface area contributed by atoms with Crippen LogP contribution in [0.5, 0.6) is 5.75 Å². The molecule has 0 spiro atoms. The Hall–Kier alpha value is -3.20. The number of hydrogen-bond acceptors (Lipinski definition) is 7. The van der Waals surface area contributed by atoms with Crippen molar-refractivity contribution in [2.45, 2.75) is 32.8 Å². The monoisotopic (exact) mass is 481 g/mol. The minimum Gasteiger partial charge on any atom is -0.497 e. The molecule has 1 unspecified atom stereocenters. The number of amides is 2. The zero-order chi connectivity index (χ0) is 24.8. The molecule has 0 radical (unpaired) electrons. The highest BCUT2D eigenvalue weighted by atomic mass is 16.5. The zero-order valence-corrected chi connectivity index (χ0v) is 20.9. The van der Waals surface area contributed by atoms with Gasteiger partial charge in [0.2, 0.25) is 11.8 Å². The number of ether oxygens (including phenoxy) is 2. The van der Waals surface area contributed by atoms with E-state index in [1.54, 1.807) is 12.0 Å². The Labute approximate surface area is 207 Å². The second kappa shape index (κ2) is 11.5. The Morgan fingerprint density at radius 3 is 2.40 bits per heavy atom. The van der Waals surface area contributed by atoms with Crippen molar-refractivity contribution in [3.63, 3.8) is 0 Å². The summed E-state index contributed by atoms with van der Waals surface area (Å²) in [6.07, 6.45) is 1.98. The number of nitrogens with zero attached hydrogens (tertiary/aromatic N) is 5. The molecule has 0 aliphatic carbocycles. The van der Waals surface area contributed by atoms with Crippen LogP contribution in [0.25, 0.3) is 11.3 Å². The summed E-state index contributed by atoms with van der Waals surface area (Å²) in [5.41, 5.74) is 1.77. The van der Waals surface area contributed by atoms with Gasteiger partial charge in [-0.2, -0.15) is 0 Å². The van der Waals surface area contributed by atoms with E-state index in [2.05, 4.69) is 15.1 Å². The van der Waals surface area contributed by atoms with Crippen LogP contribution >= 0.6 is 0 Å². The summed E-state index contributed by atoms with van der Waals surface area (Å²) in [5, 5.41) is 8.80. The van der Waals surface area contributed by atoms with Gasteiger partial charge in [-0.15, -0.1) is 10.2 Å². The lowest BCUT2D eigenvalue weighted by molar-refractivity contribution is -0.143. The first kappa shape index (κ1) is 24.9. The maximum atomic E-state index is 13.0. The molecule has 4 rings (SSSR count). The molecule has 0 bridgehead atoms. The first-order valence-corrected chi connectivity index (χ1v) is 12.4. The third kappa shape index (κ3) is 6.28. The number of benzene rings is 1. The summed E-state index contributed by atoms with van der Waals surface area (Å²) in [5.74, 6) is 1.43. The van der Waals surface area contributed by atoms with E-state index in [1.807, 2.05) is 55.1 Å². The standard InChI is InChI=1S/C26H35N5O4/c1-19(2)26(33)31(17-22-5-4-16-35-22)18-25(32)30-14-12-29(13-15-30)24-11-10-23(27-28-24)20-6-8-21(34-3)9-7-20/h6-11,19,22H,4-5,12-18H2,1-3H3. The molecule has 2 fully saturated rings. The Morgan fingerprint density at radius 1 is 1.09 bits per heavy atom. The minimum atomic E-state index is -0.152. The van der Waals surface area contributed by atoms with Gasteiger partial charge in [0.05, 0.1) is 25.5 Å². The fourth-order valence-corrected chi connectivity index (χ4v) is 4.49. The number of hydrogen-bond donors (Lipinski definition) is 0. The Morgan fingerprint density at radius 2 is 1.83 bits per heavy atom. The predicted molar refractivity (Wildman–Crippen MR) is 133 cm³/mol. The third-order valence-corrected chi connectivity index (χ3v) is 6.57. The summed E-state index contributed by atoms with van der Waals surface area (Å²) in [4.78, 5) is 31.4. The van der Waals surface area contributed by atoms with Crippen LogP contribution in [0.15, 0.2) is 36.4 Å². The maximum Gasteiger partial charge on any atom is 0.242 e. The highest BCUT2D eigenvalue weighted by Gasteiger charge is 2.29. The van der Waals surface area contributed by atoms with Gasteiger partial charge in [-0.25, -0.2) is 0 Å². The highest BCUT2D eigenvalue weighted by molar-refractivity contribution is 5.85. The van der Waals surface area contributed by atoms with Crippen molar-refractivity contribution in [2.24, 2.45) is 5.92 Å². The van der Waals surface area contributed by atoms with E-state index < -0.39 is 0 Å². The smallest absolute Gasteiger partial charge is 0.242 e. The number of anilines is 1. The number of methoxy groups -OCH3 is 1. The van der Waals surface area contributed by atoms with E-state index in [-0.39, 0.29) is 30.4 Å². The van der Waals surface area contributed by atoms with E-state index in [4.69, 9.17) is 9.47 Å². The molecule has 2 amide bonds. The molecule has 1 aromatic heterocycles. The van der Waals surface area contributed by atoms with Gasteiger partial charge in [0.15, 0.2) is 5.82 Å². The second-order valence-corrected chi connectivity index (χ2v) is 9.38. The first-order chi connectivity index (χ1) is 16.9. The topological polar surface area (TPSA) is 88.1 Å². The van der Waals surface area contributed by atoms with Gasteiger partial charge in [0.25, 0.3) is 0 Å². The van der Waals surface area contributed by atoms with Crippen molar-refractivity contribution >= 4 is 17.6 Å². The molecular formula is C26H35N5O4. The van der Waals surface area contributed by atoms with Gasteiger partial charge in [-0.05, 0) is 49.2 Å². The molecule has 2 aliphatic rings. The van der Waals surface area contributed by atoms with Gasteiger partial charge >= 0.3 is 0 Å². The molecule has 35 heavy (non-hydrogen) atoms. The molecule has 2 aliphatic heterocycles. The number of carbonyl (C=O) groups excluding carboxylic acids is 2. The lowest BCUT2D eigenvalue weighted by Crippen LogP contribution is -2.53. The fraction of sp³-hybridized carbons (Fsp3) is 0.538. The summed E-state index contributed by atoms with van der Waals surface area (Å²) in [6, 6.07) is 11.6. The summed E-state index contributed by atoms with van der Waals surface area (Å²) in [7, 11) is 1.64. The molecule has 1 aromatic carbocycles. The number of aromatic nitrogens is 2. The molecule has 9 nitrogen and oxygen atoms in total. The third-order valence-electron chi connectivity index (χ3n) is 6.57. The molecule has 0 saturated carbocycles. The van der Waals surface area contributed by atoms with E-state index >= 15 is 0 Å². The SMILES string of the molecule is COc1ccc(-c2ccc(N3CCN(C(=O)CN(CC4CCCO4)C(=O)C(C)C)CC3)nn2)cc1. The zero-order valence-electron chi connectivity index (χ0n) is 20.9. The Balaban J connectivity index is 1.31. The second-order valence-electron chi connectivity index (χ2n) is 9.38. The lowest BCUT2D eigenvalue weighted by Gasteiger charge is -2.36. The van der Waals surface area contributed by atoms with E-state index in [0.717, 1.165) is 42.3 Å². The van der Waals surface area contributed by atoms with Gasteiger partial charge in [-0.1, -0.05) is 13.8 Å². The van der Waals surface area contributed by atoms with Crippen LogP contribution in [-0.2, 0) is 14.3 Å². The molecule has 1 atom stereocenters. The number of carbonyl (C=O) groups is 2. The maximum absolute atomic E-state index is 13.0. The molecule has 188 valence electrons. The molecule has 2 saturated heterocycles. The van der Waals surface area contributed by atoms with E-state index in [9.17, 15) is 9.59 Å². The quantitative estimate of drug-likeness (QED) is 0.572. The molecule has 0 N–H and O–H groups in total. The molecule has 9 heteroatoms. The van der Waals surface area contributed by atoms with Crippen molar-refractivity contribution in [2.75, 3.05) is 57.9 Å². The van der Waals surface area contributed by atoms with Gasteiger partial charge < -0.3 is 24.2 Å². The van der Waals surface area contributed by atoms with Gasteiger partial charge in [-0.3, -0.25) is 9.59 Å². The fourth-order valence-electron chi connectivity index (χ4n) is 4.49. The predicted octanol–water partition coefficient (Wildman–Crippen LogP) is 2.46. The molecule has 2 aromatic rings. The van der Waals surface area contributed by atoms with E-state index in [1.165, 1.54) is 0 Å². The number of piperazine rings is 1. The summed E-state index contributed by atoms with van der Waals surface area (Å²) >= 11 is 0. The van der Waals surface area contributed by atoms with Crippen LogP contribution in [0.1, 0.15) is 26.7 Å². The van der Waals surface area contributed by atoms with Crippen LogP contribution in [0.2, 0.25) is 0 Å². The first-order valence-electron chi connectivity index (χ1n) is 12.4. The lowest BCUT2D eigenvalue weighted by atomic mass is 10.1. The van der Waals surface area contributed by atoms with Crippen molar-refractivity contribution in [3.05, 3.63) is 36.4 Å². The largest absolute Gasteiger partial charge is 0.497 e. The van der Waals surface area contributed by atoms with Crippen molar-refractivity contribution in [1.29, 1.82) is 0 Å². The van der Waals surface area contributed by atoms with Crippen molar-refractivity contribution in [1.82, 2.24) is 20.0 Å². The number of rotatable bonds is 8. The van der Waals surface area contributed by atoms with Crippen molar-refractivity contribution < 1.29 is 19.1 Å². The van der Waals surface area contributed by atoms with E-state index in [0.29, 0.717) is 32.7 Å². The average molecular weight is 482 g/mol. The Bertz CT molecular complexity index is 982. The van der Waals surface area contributed by atoms with Crippen LogP contribution < -0.4 is 9.64 Å². The van der Waals surface area contributed by atoms with Crippen LogP contribution in [0.4, 0.5) is 5.82 Å². The normalized spacial score (nSPS) is 18.1.